The molecule has 0 saturated heterocycles. The van der Waals surface area contributed by atoms with Crippen LogP contribution in [0.5, 0.6) is 11.5 Å². The molecule has 0 aliphatic carbocycles. The van der Waals surface area contributed by atoms with Gasteiger partial charge in [0, 0.05) is 53.8 Å². The fraction of sp³-hybridized carbons (Fsp3) is 0.346. The molecule has 0 bridgehead atoms. The summed E-state index contributed by atoms with van der Waals surface area (Å²) in [5, 5.41) is 1.65. The normalized spacial score (nSPS) is 14.7. The van der Waals surface area contributed by atoms with E-state index in [1.54, 1.807) is 35.2 Å². The van der Waals surface area contributed by atoms with E-state index < -0.39 is 31.7 Å². The molecule has 1 aliphatic rings. The largest absolute Gasteiger partial charge is 1.00 e. The number of fused-ring (bicyclic) bond motifs is 2. The Hall–Kier alpha value is -1.79. The Labute approximate surface area is 271 Å². The second-order valence-electron chi connectivity index (χ2n) is 9.20. The van der Waals surface area contributed by atoms with E-state index in [9.17, 15) is 25.9 Å². The molecule has 4 rings (SSSR count). The standard InChI is InChI=1S/C26H28Cl2N2O8S3.Li/c1-3-17(12-25-29(8-4-10-40(31,32)33)20-14-18(27)6-7-22(20)38-25)13-26-30(9-5-11-41(34,35)36)21-15-19(28)23(37-2)16-24(21)39-26;/h6-7,12-16H,3-5,8-11H2,1-2H3,(H-,31,32,33,34,35,36);/q;+1/p-1. The van der Waals surface area contributed by atoms with Gasteiger partial charge in [0.15, 0.2) is 12.3 Å². The number of hydrogen-bond acceptors (Lipinski definition) is 10. The zero-order chi connectivity index (χ0) is 29.9. The van der Waals surface area contributed by atoms with Crippen LogP contribution in [0.1, 0.15) is 31.2 Å². The first-order valence-electron chi connectivity index (χ1n) is 12.5. The summed E-state index contributed by atoms with van der Waals surface area (Å²) in [4.78, 5) is 1.78. The number of aryl methyl sites for hydroxylation is 1. The Balaban J connectivity index is 0.00000484. The van der Waals surface area contributed by atoms with Crippen LogP contribution in [0.3, 0.4) is 0 Å². The van der Waals surface area contributed by atoms with Crippen LogP contribution >= 0.6 is 34.5 Å². The Morgan fingerprint density at radius 2 is 1.79 bits per heavy atom. The number of allylic oxidation sites excluding steroid dienone is 2. The third-order valence-electron chi connectivity index (χ3n) is 6.28. The van der Waals surface area contributed by atoms with Crippen molar-refractivity contribution in [1.29, 1.82) is 0 Å². The molecule has 0 spiro atoms. The summed E-state index contributed by atoms with van der Waals surface area (Å²) < 4.78 is 81.5. The third-order valence-corrected chi connectivity index (χ3v) is 9.48. The zero-order valence-corrected chi connectivity index (χ0v) is 27.1. The molecule has 0 unspecified atom stereocenters. The summed E-state index contributed by atoms with van der Waals surface area (Å²) in [5.74, 6) is 0.454. The first-order valence-corrected chi connectivity index (χ1v) is 17.2. The van der Waals surface area contributed by atoms with E-state index in [1.807, 2.05) is 23.6 Å². The summed E-state index contributed by atoms with van der Waals surface area (Å²) in [7, 11) is -7.24. The zero-order valence-electron chi connectivity index (χ0n) is 23.1. The van der Waals surface area contributed by atoms with Crippen LogP contribution in [0.2, 0.25) is 10.0 Å². The Morgan fingerprint density at radius 1 is 1.10 bits per heavy atom. The summed E-state index contributed by atoms with van der Waals surface area (Å²) in [6.45, 7) is 2.43. The van der Waals surface area contributed by atoms with Crippen molar-refractivity contribution in [1.82, 2.24) is 0 Å². The molecule has 0 fully saturated rings. The van der Waals surface area contributed by atoms with Crippen molar-refractivity contribution in [3.05, 3.63) is 62.9 Å². The summed E-state index contributed by atoms with van der Waals surface area (Å²) >= 11 is 14.0. The van der Waals surface area contributed by atoms with E-state index in [-0.39, 0.29) is 44.8 Å². The number of aromatic nitrogens is 1. The van der Waals surface area contributed by atoms with Gasteiger partial charge in [0.1, 0.15) is 10.4 Å². The van der Waals surface area contributed by atoms with Gasteiger partial charge in [0.2, 0.25) is 11.4 Å². The molecule has 1 aromatic heterocycles. The van der Waals surface area contributed by atoms with E-state index >= 15 is 0 Å². The minimum absolute atomic E-state index is 0. The Morgan fingerprint density at radius 3 is 2.43 bits per heavy atom. The smallest absolute Gasteiger partial charge is 0.748 e. The number of thiazole rings is 1. The predicted octanol–water partition coefficient (Wildman–Crippen LogP) is 1.91. The topological polar surface area (TPSA) is 140 Å². The summed E-state index contributed by atoms with van der Waals surface area (Å²) in [6.07, 6.45) is 4.55. The molecule has 0 N–H and O–H groups in total. The Bertz CT molecular complexity index is 1740. The monoisotopic (exact) mass is 668 g/mol. The van der Waals surface area contributed by atoms with Crippen LogP contribution in [-0.2, 0) is 26.8 Å². The fourth-order valence-corrected chi connectivity index (χ4v) is 6.91. The number of hydrogen-bond donors (Lipinski definition) is 0. The molecule has 42 heavy (non-hydrogen) atoms. The van der Waals surface area contributed by atoms with Crippen LogP contribution in [0.4, 0.5) is 5.69 Å². The van der Waals surface area contributed by atoms with Gasteiger partial charge in [0.05, 0.1) is 38.1 Å². The second kappa shape index (κ2) is 14.3. The maximum absolute atomic E-state index is 11.2. The average molecular weight is 670 g/mol. The summed E-state index contributed by atoms with van der Waals surface area (Å²) in [5.41, 5.74) is 2.26. The number of halogens is 2. The number of anilines is 1. The molecule has 222 valence electrons. The molecule has 0 atom stereocenters. The molecule has 2 heterocycles. The molecular formula is C26H27Cl2LiN2O8S3. The SMILES string of the molecule is CCC(=Cc1sc2cc(OC)c(Cl)cc2[n+]1CCCS(=O)(=O)[O-])C=C1Oc2ccc(Cl)cc2N1CCCS(=O)(=O)[O-].[Li+]. The first kappa shape index (κ1) is 34.7. The van der Waals surface area contributed by atoms with Crippen molar-refractivity contribution < 1.29 is 58.8 Å². The van der Waals surface area contributed by atoms with Crippen LogP contribution in [0.15, 0.2) is 47.9 Å². The van der Waals surface area contributed by atoms with Crippen molar-refractivity contribution in [2.24, 2.45) is 0 Å². The van der Waals surface area contributed by atoms with E-state index in [0.717, 1.165) is 20.8 Å². The van der Waals surface area contributed by atoms with Crippen molar-refractivity contribution >= 4 is 76.8 Å². The average Bonchev–Trinajstić information content (AvgIpc) is 3.38. The predicted molar refractivity (Wildman–Crippen MR) is 158 cm³/mol. The molecule has 16 heteroatoms. The molecule has 10 nitrogen and oxygen atoms in total. The van der Waals surface area contributed by atoms with Crippen molar-refractivity contribution in [2.75, 3.05) is 30.1 Å². The van der Waals surface area contributed by atoms with E-state index in [2.05, 4.69) is 0 Å². The number of benzene rings is 2. The van der Waals surface area contributed by atoms with E-state index in [0.29, 0.717) is 39.5 Å². The second-order valence-corrected chi connectivity index (χ2v) is 14.2. The number of methoxy groups -OCH3 is 1. The maximum Gasteiger partial charge on any atom is 1.00 e. The van der Waals surface area contributed by atoms with Gasteiger partial charge in [-0.1, -0.05) is 41.5 Å². The van der Waals surface area contributed by atoms with E-state index in [4.69, 9.17) is 32.7 Å². The maximum atomic E-state index is 11.2. The van der Waals surface area contributed by atoms with Gasteiger partial charge in [-0.15, -0.1) is 0 Å². The molecular weight excluding hydrogens is 642 g/mol. The van der Waals surface area contributed by atoms with Crippen molar-refractivity contribution in [2.45, 2.75) is 32.7 Å². The quantitative estimate of drug-likeness (QED) is 0.161. The van der Waals surface area contributed by atoms with Gasteiger partial charge in [-0.2, -0.15) is 4.57 Å². The Kier molecular flexibility index (Phi) is 11.8. The van der Waals surface area contributed by atoms with Gasteiger partial charge in [0.25, 0.3) is 5.01 Å². The molecule has 2 aromatic carbocycles. The number of nitrogens with zero attached hydrogens (tertiary/aromatic N) is 2. The summed E-state index contributed by atoms with van der Waals surface area (Å²) in [6, 6.07) is 8.65. The van der Waals surface area contributed by atoms with Gasteiger partial charge in [-0.05, 0) is 36.6 Å². The van der Waals surface area contributed by atoms with Crippen LogP contribution in [0.25, 0.3) is 16.3 Å². The fourth-order valence-electron chi connectivity index (χ4n) is 4.37. The van der Waals surface area contributed by atoms with Crippen molar-refractivity contribution in [3.63, 3.8) is 0 Å². The van der Waals surface area contributed by atoms with Gasteiger partial charge < -0.3 is 23.5 Å². The van der Waals surface area contributed by atoms with Crippen LogP contribution in [-0.4, -0.2) is 51.1 Å². The van der Waals surface area contributed by atoms with Gasteiger partial charge in [-0.25, -0.2) is 16.8 Å². The minimum Gasteiger partial charge on any atom is -0.748 e. The molecule has 0 amide bonds. The molecule has 0 radical (unpaired) electrons. The third kappa shape index (κ3) is 8.87. The van der Waals surface area contributed by atoms with Gasteiger partial charge in [-0.3, -0.25) is 0 Å². The van der Waals surface area contributed by atoms with Crippen LogP contribution in [0, 0.1) is 0 Å². The minimum atomic E-state index is -4.38. The molecule has 1 aliphatic heterocycles. The van der Waals surface area contributed by atoms with Crippen LogP contribution < -0.4 is 37.8 Å². The first-order chi connectivity index (χ1) is 19.3. The molecule has 0 saturated carbocycles. The number of rotatable bonds is 12. The van der Waals surface area contributed by atoms with Gasteiger partial charge >= 0.3 is 18.9 Å². The van der Waals surface area contributed by atoms with E-state index in [1.165, 1.54) is 18.4 Å². The molecule has 3 aromatic rings. The number of ether oxygens (including phenoxy) is 2. The van der Waals surface area contributed by atoms with Crippen molar-refractivity contribution in [3.8, 4) is 11.5 Å².